The van der Waals surface area contributed by atoms with Crippen molar-refractivity contribution in [3.63, 3.8) is 0 Å². The minimum atomic E-state index is -3.73. The molecular formula is C17H21NO5S. The molecule has 0 saturated carbocycles. The minimum Gasteiger partial charge on any atom is -0.497 e. The topological polar surface area (TPSA) is 73.9 Å². The lowest BCUT2D eigenvalue weighted by molar-refractivity contribution is 0.390. The van der Waals surface area contributed by atoms with E-state index in [1.165, 1.54) is 14.2 Å². The minimum absolute atomic E-state index is 0.0899. The third-order valence-electron chi connectivity index (χ3n) is 3.56. The lowest BCUT2D eigenvalue weighted by atomic mass is 10.2. The van der Waals surface area contributed by atoms with Gasteiger partial charge in [-0.15, -0.1) is 0 Å². The molecule has 130 valence electrons. The van der Waals surface area contributed by atoms with Crippen LogP contribution in [-0.4, -0.2) is 29.7 Å². The Labute approximate surface area is 142 Å². The third-order valence-corrected chi connectivity index (χ3v) is 4.98. The van der Waals surface area contributed by atoms with Crippen LogP contribution in [0.15, 0.2) is 41.3 Å². The molecule has 0 atom stereocenters. The summed E-state index contributed by atoms with van der Waals surface area (Å²) in [5, 5.41) is 0. The van der Waals surface area contributed by atoms with Gasteiger partial charge in [-0.2, -0.15) is 0 Å². The summed E-state index contributed by atoms with van der Waals surface area (Å²) in [6.07, 6.45) is 0. The predicted octanol–water partition coefficient (Wildman–Crippen LogP) is 2.50. The van der Waals surface area contributed by atoms with Crippen molar-refractivity contribution < 1.29 is 22.6 Å². The van der Waals surface area contributed by atoms with Crippen molar-refractivity contribution in [1.29, 1.82) is 0 Å². The summed E-state index contributed by atoms with van der Waals surface area (Å²) in [6, 6.07) is 10.2. The van der Waals surface area contributed by atoms with Crippen LogP contribution >= 0.6 is 0 Å². The predicted molar refractivity (Wildman–Crippen MR) is 91.3 cm³/mol. The fraction of sp³-hybridized carbons (Fsp3) is 0.294. The molecule has 6 nitrogen and oxygen atoms in total. The number of nitrogens with one attached hydrogen (secondary N) is 1. The first kappa shape index (κ1) is 18.1. The molecular weight excluding hydrogens is 330 g/mol. The number of rotatable bonds is 7. The van der Waals surface area contributed by atoms with E-state index < -0.39 is 10.0 Å². The highest BCUT2D eigenvalue weighted by atomic mass is 32.2. The SMILES string of the molecule is COc1ccc(CNS(=O)(=O)c2cc(C)ccc2OC)c(OC)c1. The molecule has 0 radical (unpaired) electrons. The molecule has 0 spiro atoms. The first-order chi connectivity index (χ1) is 11.4. The van der Waals surface area contributed by atoms with E-state index in [1.807, 2.05) is 6.92 Å². The van der Waals surface area contributed by atoms with Crippen molar-refractivity contribution in [3.05, 3.63) is 47.5 Å². The monoisotopic (exact) mass is 351 g/mol. The van der Waals surface area contributed by atoms with Gasteiger partial charge >= 0.3 is 0 Å². The molecule has 1 N–H and O–H groups in total. The zero-order valence-electron chi connectivity index (χ0n) is 14.1. The molecule has 0 aromatic heterocycles. The van der Waals surface area contributed by atoms with Crippen LogP contribution in [0.25, 0.3) is 0 Å². The molecule has 0 unspecified atom stereocenters. The number of hydrogen-bond donors (Lipinski definition) is 1. The lowest BCUT2D eigenvalue weighted by Gasteiger charge is -2.13. The van der Waals surface area contributed by atoms with Gasteiger partial charge < -0.3 is 14.2 Å². The summed E-state index contributed by atoms with van der Waals surface area (Å²) in [5.41, 5.74) is 1.53. The molecule has 2 aromatic carbocycles. The van der Waals surface area contributed by atoms with E-state index in [2.05, 4.69) is 4.72 Å². The second-order valence-corrected chi connectivity index (χ2v) is 6.89. The number of sulfonamides is 1. The van der Waals surface area contributed by atoms with Crippen molar-refractivity contribution in [2.75, 3.05) is 21.3 Å². The van der Waals surface area contributed by atoms with Crippen LogP contribution in [0, 0.1) is 6.92 Å². The van der Waals surface area contributed by atoms with E-state index in [0.717, 1.165) is 5.56 Å². The Balaban J connectivity index is 2.27. The Morgan fingerprint density at radius 1 is 0.917 bits per heavy atom. The van der Waals surface area contributed by atoms with Crippen LogP contribution in [0.3, 0.4) is 0 Å². The normalized spacial score (nSPS) is 11.2. The summed E-state index contributed by atoms with van der Waals surface area (Å²) in [6.45, 7) is 1.91. The van der Waals surface area contributed by atoms with Gasteiger partial charge in [-0.1, -0.05) is 12.1 Å². The summed E-state index contributed by atoms with van der Waals surface area (Å²) in [7, 11) is 0.795. The van der Waals surface area contributed by atoms with Gasteiger partial charge in [-0.3, -0.25) is 0 Å². The highest BCUT2D eigenvalue weighted by molar-refractivity contribution is 7.89. The van der Waals surface area contributed by atoms with Gasteiger partial charge in [0.05, 0.1) is 21.3 Å². The van der Waals surface area contributed by atoms with E-state index in [4.69, 9.17) is 14.2 Å². The largest absolute Gasteiger partial charge is 0.497 e. The van der Waals surface area contributed by atoms with E-state index in [9.17, 15) is 8.42 Å². The van der Waals surface area contributed by atoms with Crippen molar-refractivity contribution >= 4 is 10.0 Å². The van der Waals surface area contributed by atoms with E-state index in [-0.39, 0.29) is 11.4 Å². The summed E-state index contributed by atoms with van der Waals surface area (Å²) in [5.74, 6) is 1.49. The van der Waals surface area contributed by atoms with Gasteiger partial charge in [0.2, 0.25) is 10.0 Å². The average Bonchev–Trinajstić information content (AvgIpc) is 2.59. The van der Waals surface area contributed by atoms with E-state index >= 15 is 0 Å². The van der Waals surface area contributed by atoms with Crippen molar-refractivity contribution in [3.8, 4) is 17.2 Å². The molecule has 0 fully saturated rings. The molecule has 2 aromatic rings. The summed E-state index contributed by atoms with van der Waals surface area (Å²) >= 11 is 0. The quantitative estimate of drug-likeness (QED) is 0.830. The van der Waals surface area contributed by atoms with Crippen molar-refractivity contribution in [2.45, 2.75) is 18.4 Å². The molecule has 7 heteroatoms. The van der Waals surface area contributed by atoms with Crippen LogP contribution in [-0.2, 0) is 16.6 Å². The second-order valence-electron chi connectivity index (χ2n) is 5.16. The average molecular weight is 351 g/mol. The number of methoxy groups -OCH3 is 3. The molecule has 0 aliphatic heterocycles. The molecule has 0 aliphatic rings. The Morgan fingerprint density at radius 2 is 1.62 bits per heavy atom. The highest BCUT2D eigenvalue weighted by Gasteiger charge is 2.20. The Hall–Kier alpha value is -2.25. The molecule has 0 amide bonds. The van der Waals surface area contributed by atoms with Gasteiger partial charge in [0.25, 0.3) is 0 Å². The smallest absolute Gasteiger partial charge is 0.244 e. The number of benzene rings is 2. The summed E-state index contributed by atoms with van der Waals surface area (Å²) < 4.78 is 43.4. The van der Waals surface area contributed by atoms with Crippen molar-refractivity contribution in [2.24, 2.45) is 0 Å². The number of ether oxygens (including phenoxy) is 3. The van der Waals surface area contributed by atoms with Crippen molar-refractivity contribution in [1.82, 2.24) is 4.72 Å². The molecule has 24 heavy (non-hydrogen) atoms. The zero-order valence-corrected chi connectivity index (χ0v) is 14.9. The number of aryl methyl sites for hydroxylation is 1. The highest BCUT2D eigenvalue weighted by Crippen LogP contribution is 2.27. The Kier molecular flexibility index (Phi) is 5.69. The van der Waals surface area contributed by atoms with Gasteiger partial charge in [0.1, 0.15) is 22.1 Å². The zero-order chi connectivity index (χ0) is 17.7. The van der Waals surface area contributed by atoms with Crippen LogP contribution in [0.5, 0.6) is 17.2 Å². The van der Waals surface area contributed by atoms with Gasteiger partial charge in [-0.25, -0.2) is 13.1 Å². The lowest BCUT2D eigenvalue weighted by Crippen LogP contribution is -2.24. The molecule has 0 bridgehead atoms. The Bertz CT molecular complexity index is 818. The molecule has 2 rings (SSSR count). The molecule has 0 saturated heterocycles. The van der Waals surface area contributed by atoms with Crippen LogP contribution < -0.4 is 18.9 Å². The first-order valence-electron chi connectivity index (χ1n) is 7.26. The fourth-order valence-corrected chi connectivity index (χ4v) is 3.50. The molecule has 0 aliphatic carbocycles. The maximum Gasteiger partial charge on any atom is 0.244 e. The van der Waals surface area contributed by atoms with Gasteiger partial charge in [0, 0.05) is 18.2 Å². The second kappa shape index (κ2) is 7.55. The third kappa shape index (κ3) is 3.98. The van der Waals surface area contributed by atoms with Gasteiger partial charge in [-0.05, 0) is 30.7 Å². The van der Waals surface area contributed by atoms with Crippen LogP contribution in [0.2, 0.25) is 0 Å². The number of hydrogen-bond acceptors (Lipinski definition) is 5. The maximum absolute atomic E-state index is 12.6. The summed E-state index contributed by atoms with van der Waals surface area (Å²) in [4.78, 5) is 0.109. The van der Waals surface area contributed by atoms with E-state index in [0.29, 0.717) is 22.8 Å². The first-order valence-corrected chi connectivity index (χ1v) is 8.75. The van der Waals surface area contributed by atoms with Crippen LogP contribution in [0.1, 0.15) is 11.1 Å². The van der Waals surface area contributed by atoms with E-state index in [1.54, 1.807) is 43.5 Å². The molecule has 0 heterocycles. The van der Waals surface area contributed by atoms with Gasteiger partial charge in [0.15, 0.2) is 0 Å². The Morgan fingerprint density at radius 3 is 2.25 bits per heavy atom. The standard InChI is InChI=1S/C17H21NO5S/c1-12-5-8-15(22-3)17(9-12)24(19,20)18-11-13-6-7-14(21-2)10-16(13)23-4/h5-10,18H,11H2,1-4H3. The maximum atomic E-state index is 12.6. The fourth-order valence-electron chi connectivity index (χ4n) is 2.24. The van der Waals surface area contributed by atoms with Crippen LogP contribution in [0.4, 0.5) is 0 Å².